The first-order valence-corrected chi connectivity index (χ1v) is 5.88. The third-order valence-corrected chi connectivity index (χ3v) is 2.81. The van der Waals surface area contributed by atoms with Crippen molar-refractivity contribution < 1.29 is 9.90 Å². The summed E-state index contributed by atoms with van der Waals surface area (Å²) in [5.41, 5.74) is 13.7. The molecule has 98 valence electrons. The van der Waals surface area contributed by atoms with Crippen LogP contribution in [-0.4, -0.2) is 22.6 Å². The minimum absolute atomic E-state index is 0.229. The van der Waals surface area contributed by atoms with Crippen LogP contribution in [0.4, 0.5) is 0 Å². The van der Waals surface area contributed by atoms with Gasteiger partial charge in [0.2, 0.25) is 0 Å². The number of hydrogen-bond acceptors (Lipinski definition) is 4. The Morgan fingerprint density at radius 3 is 2.68 bits per heavy atom. The number of benzene rings is 1. The topological polar surface area (TPSA) is 102 Å². The second kappa shape index (κ2) is 5.60. The highest BCUT2D eigenvalue weighted by Crippen LogP contribution is 2.20. The van der Waals surface area contributed by atoms with E-state index in [4.69, 9.17) is 16.6 Å². The summed E-state index contributed by atoms with van der Waals surface area (Å²) in [6.45, 7) is 0.311. The minimum Gasteiger partial charge on any atom is -0.478 e. The van der Waals surface area contributed by atoms with Crippen LogP contribution in [-0.2, 0) is 0 Å². The zero-order chi connectivity index (χ0) is 13.8. The molecule has 0 radical (unpaired) electrons. The molecule has 5 heteroatoms. The largest absolute Gasteiger partial charge is 0.478 e. The minimum atomic E-state index is -0.961. The normalized spacial score (nSPS) is 12.1. The smallest absolute Gasteiger partial charge is 0.335 e. The van der Waals surface area contributed by atoms with E-state index in [0.717, 1.165) is 5.56 Å². The Balaban J connectivity index is 2.41. The molecule has 5 nitrogen and oxygen atoms in total. The second-order valence-electron chi connectivity index (χ2n) is 4.18. The molecular weight excluding hydrogens is 242 g/mol. The molecule has 0 spiro atoms. The van der Waals surface area contributed by atoms with E-state index >= 15 is 0 Å². The maximum absolute atomic E-state index is 10.9. The lowest BCUT2D eigenvalue weighted by molar-refractivity contribution is 0.0697. The van der Waals surface area contributed by atoms with Gasteiger partial charge in [0.1, 0.15) is 0 Å². The van der Waals surface area contributed by atoms with Crippen LogP contribution in [0.15, 0.2) is 42.5 Å². The van der Waals surface area contributed by atoms with Crippen LogP contribution in [0.2, 0.25) is 0 Å². The highest BCUT2D eigenvalue weighted by atomic mass is 16.4. The number of hydrogen-bond donors (Lipinski definition) is 3. The Labute approximate surface area is 110 Å². The Bertz CT molecular complexity index is 599. The van der Waals surface area contributed by atoms with E-state index < -0.39 is 5.97 Å². The predicted octanol–water partition coefficient (Wildman–Crippen LogP) is 1.41. The third-order valence-electron chi connectivity index (χ3n) is 2.81. The van der Waals surface area contributed by atoms with E-state index in [-0.39, 0.29) is 11.6 Å². The molecule has 0 aliphatic rings. The van der Waals surface area contributed by atoms with Crippen LogP contribution in [0.25, 0.3) is 11.3 Å². The van der Waals surface area contributed by atoms with Gasteiger partial charge in [0, 0.05) is 12.1 Å². The van der Waals surface area contributed by atoms with Gasteiger partial charge in [0.05, 0.1) is 23.0 Å². The Morgan fingerprint density at radius 2 is 2.00 bits per heavy atom. The summed E-state index contributed by atoms with van der Waals surface area (Å²) < 4.78 is 0. The number of rotatable bonds is 4. The fourth-order valence-electron chi connectivity index (χ4n) is 1.75. The van der Waals surface area contributed by atoms with Crippen molar-refractivity contribution in [2.45, 2.75) is 6.04 Å². The molecule has 0 fully saturated rings. The van der Waals surface area contributed by atoms with Gasteiger partial charge >= 0.3 is 5.97 Å². The van der Waals surface area contributed by atoms with Crippen LogP contribution >= 0.6 is 0 Å². The van der Waals surface area contributed by atoms with Gasteiger partial charge in [-0.15, -0.1) is 0 Å². The van der Waals surface area contributed by atoms with Gasteiger partial charge in [-0.25, -0.2) is 4.79 Å². The number of aromatic carboxylic acids is 1. The van der Waals surface area contributed by atoms with E-state index in [0.29, 0.717) is 17.9 Å². The highest BCUT2D eigenvalue weighted by Gasteiger charge is 2.09. The average molecular weight is 257 g/mol. The molecule has 1 aromatic carbocycles. The lowest BCUT2D eigenvalue weighted by Gasteiger charge is -2.10. The summed E-state index contributed by atoms with van der Waals surface area (Å²) in [6, 6.07) is 11.8. The maximum Gasteiger partial charge on any atom is 0.335 e. The Morgan fingerprint density at radius 1 is 1.26 bits per heavy atom. The molecule has 0 amide bonds. The van der Waals surface area contributed by atoms with Crippen molar-refractivity contribution in [3.8, 4) is 11.3 Å². The van der Waals surface area contributed by atoms with Gasteiger partial charge in [-0.1, -0.05) is 18.2 Å². The van der Waals surface area contributed by atoms with E-state index in [1.807, 2.05) is 24.3 Å². The number of nitrogens with zero attached hydrogens (tertiary/aromatic N) is 1. The summed E-state index contributed by atoms with van der Waals surface area (Å²) in [5.74, 6) is -0.961. The summed E-state index contributed by atoms with van der Waals surface area (Å²) in [6.07, 6.45) is 0. The molecule has 2 aromatic rings. The SMILES string of the molecule is NCC(N)c1cccc(-c2cccc(C(=O)O)c2)n1. The van der Waals surface area contributed by atoms with Gasteiger partial charge in [-0.05, 0) is 24.3 Å². The highest BCUT2D eigenvalue weighted by molar-refractivity contribution is 5.89. The van der Waals surface area contributed by atoms with E-state index in [2.05, 4.69) is 4.98 Å². The van der Waals surface area contributed by atoms with Gasteiger partial charge in [-0.2, -0.15) is 0 Å². The number of pyridine rings is 1. The van der Waals surface area contributed by atoms with Crippen molar-refractivity contribution in [1.82, 2.24) is 4.98 Å². The lowest BCUT2D eigenvalue weighted by Crippen LogP contribution is -2.21. The number of carbonyl (C=O) groups is 1. The number of carboxylic acids is 1. The zero-order valence-corrected chi connectivity index (χ0v) is 10.3. The average Bonchev–Trinajstić information content (AvgIpc) is 2.46. The first-order valence-electron chi connectivity index (χ1n) is 5.88. The first-order chi connectivity index (χ1) is 9.11. The molecule has 19 heavy (non-hydrogen) atoms. The molecule has 1 heterocycles. The van der Waals surface area contributed by atoms with E-state index in [1.165, 1.54) is 0 Å². The van der Waals surface area contributed by atoms with E-state index in [1.54, 1.807) is 18.2 Å². The van der Waals surface area contributed by atoms with Crippen LogP contribution in [0.1, 0.15) is 22.1 Å². The van der Waals surface area contributed by atoms with Gasteiger partial charge in [0.15, 0.2) is 0 Å². The molecule has 1 atom stereocenters. The van der Waals surface area contributed by atoms with E-state index in [9.17, 15) is 4.79 Å². The summed E-state index contributed by atoms with van der Waals surface area (Å²) >= 11 is 0. The lowest BCUT2D eigenvalue weighted by atomic mass is 10.1. The third kappa shape index (κ3) is 2.96. The Kier molecular flexibility index (Phi) is 3.89. The van der Waals surface area contributed by atoms with Gasteiger partial charge in [0.25, 0.3) is 0 Å². The Hall–Kier alpha value is -2.24. The van der Waals surface area contributed by atoms with Crippen molar-refractivity contribution in [3.63, 3.8) is 0 Å². The molecular formula is C14H15N3O2. The van der Waals surface area contributed by atoms with Crippen molar-refractivity contribution in [2.75, 3.05) is 6.54 Å². The van der Waals surface area contributed by atoms with Crippen molar-refractivity contribution in [1.29, 1.82) is 0 Å². The molecule has 0 aliphatic carbocycles. The second-order valence-corrected chi connectivity index (χ2v) is 4.18. The van der Waals surface area contributed by atoms with Crippen LogP contribution in [0.5, 0.6) is 0 Å². The molecule has 1 aromatic heterocycles. The summed E-state index contributed by atoms with van der Waals surface area (Å²) in [4.78, 5) is 15.4. The maximum atomic E-state index is 10.9. The van der Waals surface area contributed by atoms with Crippen LogP contribution in [0, 0.1) is 0 Å². The number of carboxylic acid groups (broad SMARTS) is 1. The van der Waals surface area contributed by atoms with Crippen molar-refractivity contribution in [2.24, 2.45) is 11.5 Å². The zero-order valence-electron chi connectivity index (χ0n) is 10.3. The van der Waals surface area contributed by atoms with Crippen LogP contribution < -0.4 is 11.5 Å². The molecule has 0 aliphatic heterocycles. The van der Waals surface area contributed by atoms with Gasteiger partial charge in [-0.3, -0.25) is 4.98 Å². The van der Waals surface area contributed by atoms with Crippen molar-refractivity contribution in [3.05, 3.63) is 53.7 Å². The number of nitrogens with two attached hydrogens (primary N) is 2. The summed E-state index contributed by atoms with van der Waals surface area (Å²) in [7, 11) is 0. The fraction of sp³-hybridized carbons (Fsp3) is 0.143. The predicted molar refractivity (Wildman–Crippen MR) is 72.6 cm³/mol. The standard InChI is InChI=1S/C14H15N3O2/c15-8-11(16)13-6-2-5-12(17-13)9-3-1-4-10(7-9)14(18)19/h1-7,11H,8,15-16H2,(H,18,19). The van der Waals surface area contributed by atoms with Gasteiger partial charge < -0.3 is 16.6 Å². The fourth-order valence-corrected chi connectivity index (χ4v) is 1.75. The van der Waals surface area contributed by atoms with Crippen molar-refractivity contribution >= 4 is 5.97 Å². The molecule has 5 N–H and O–H groups in total. The molecule has 0 bridgehead atoms. The monoisotopic (exact) mass is 257 g/mol. The quantitative estimate of drug-likeness (QED) is 0.768. The summed E-state index contributed by atoms with van der Waals surface area (Å²) in [5, 5.41) is 8.98. The molecule has 0 saturated carbocycles. The molecule has 0 saturated heterocycles. The molecule has 1 unspecified atom stereocenters. The first kappa shape index (κ1) is 13.2. The molecule has 2 rings (SSSR count). The number of aromatic nitrogens is 1. The van der Waals surface area contributed by atoms with Crippen LogP contribution in [0.3, 0.4) is 0 Å².